The van der Waals surface area contributed by atoms with Crippen LogP contribution in [-0.2, 0) is 4.79 Å². The Hall–Kier alpha value is -2.65. The monoisotopic (exact) mass is 327 g/mol. The summed E-state index contributed by atoms with van der Waals surface area (Å²) >= 11 is 1.46. The molecule has 118 valence electrons. The van der Waals surface area contributed by atoms with Crippen molar-refractivity contribution in [3.63, 3.8) is 0 Å². The molecule has 2 amide bonds. The van der Waals surface area contributed by atoms with E-state index in [-0.39, 0.29) is 24.3 Å². The average molecular weight is 327 g/mol. The Morgan fingerprint density at radius 1 is 1.26 bits per heavy atom. The summed E-state index contributed by atoms with van der Waals surface area (Å²) in [7, 11) is 0. The summed E-state index contributed by atoms with van der Waals surface area (Å²) in [4.78, 5) is 23.6. The first-order chi connectivity index (χ1) is 11.1. The van der Waals surface area contributed by atoms with Crippen molar-refractivity contribution in [2.75, 3.05) is 6.54 Å². The Balaban J connectivity index is 1.75. The number of benzene rings is 1. The van der Waals surface area contributed by atoms with E-state index in [9.17, 15) is 9.59 Å². The first-order valence-electron chi connectivity index (χ1n) is 7.20. The van der Waals surface area contributed by atoms with Gasteiger partial charge >= 0.3 is 0 Å². The molecule has 0 fully saturated rings. The SMILES string of the molecule is CC(NC(=O)CCNC(=O)c1ccsc1)c1ccc(C#N)cc1. The summed E-state index contributed by atoms with van der Waals surface area (Å²) in [5.41, 5.74) is 2.13. The van der Waals surface area contributed by atoms with E-state index in [0.717, 1.165) is 5.56 Å². The van der Waals surface area contributed by atoms with E-state index in [4.69, 9.17) is 5.26 Å². The Morgan fingerprint density at radius 3 is 2.61 bits per heavy atom. The molecule has 0 aliphatic heterocycles. The van der Waals surface area contributed by atoms with Crippen molar-refractivity contribution in [3.8, 4) is 6.07 Å². The molecular formula is C17H17N3O2S. The Labute approximate surface area is 138 Å². The summed E-state index contributed by atoms with van der Waals surface area (Å²) in [6.07, 6.45) is 0.219. The Kier molecular flexibility index (Phi) is 5.89. The van der Waals surface area contributed by atoms with Crippen LogP contribution in [0, 0.1) is 11.3 Å². The summed E-state index contributed by atoms with van der Waals surface area (Å²) in [6, 6.07) is 10.7. The van der Waals surface area contributed by atoms with Crippen molar-refractivity contribution in [2.24, 2.45) is 0 Å². The summed E-state index contributed by atoms with van der Waals surface area (Å²) < 4.78 is 0. The fourth-order valence-corrected chi connectivity index (χ4v) is 2.66. The number of carbonyl (C=O) groups excluding carboxylic acids is 2. The fourth-order valence-electron chi connectivity index (χ4n) is 2.03. The number of carbonyl (C=O) groups is 2. The molecule has 2 rings (SSSR count). The van der Waals surface area contributed by atoms with Gasteiger partial charge in [0.05, 0.1) is 17.7 Å². The van der Waals surface area contributed by atoms with E-state index in [2.05, 4.69) is 16.7 Å². The molecule has 1 aromatic heterocycles. The van der Waals surface area contributed by atoms with Crippen LogP contribution in [0.5, 0.6) is 0 Å². The lowest BCUT2D eigenvalue weighted by Gasteiger charge is -2.14. The molecule has 0 saturated carbocycles. The third kappa shape index (κ3) is 4.94. The zero-order chi connectivity index (χ0) is 16.7. The van der Waals surface area contributed by atoms with Gasteiger partial charge in [-0.05, 0) is 36.1 Å². The molecule has 0 aliphatic rings. The third-order valence-electron chi connectivity index (χ3n) is 3.34. The summed E-state index contributed by atoms with van der Waals surface area (Å²) in [5.74, 6) is -0.299. The number of nitrogens with zero attached hydrogens (tertiary/aromatic N) is 1. The van der Waals surface area contributed by atoms with Crippen molar-refractivity contribution >= 4 is 23.2 Å². The molecule has 1 unspecified atom stereocenters. The van der Waals surface area contributed by atoms with Crippen molar-refractivity contribution in [2.45, 2.75) is 19.4 Å². The molecular weight excluding hydrogens is 310 g/mol. The summed E-state index contributed by atoms with van der Waals surface area (Å²) in [6.45, 7) is 2.17. The first kappa shape index (κ1) is 16.7. The number of nitrogens with one attached hydrogen (secondary N) is 2. The van der Waals surface area contributed by atoms with Gasteiger partial charge in [-0.25, -0.2) is 0 Å². The predicted molar refractivity (Wildman–Crippen MR) is 89.0 cm³/mol. The fraction of sp³-hybridized carbons (Fsp3) is 0.235. The van der Waals surface area contributed by atoms with Gasteiger partial charge in [-0.1, -0.05) is 12.1 Å². The molecule has 0 aliphatic carbocycles. The Bertz CT molecular complexity index is 702. The maximum Gasteiger partial charge on any atom is 0.252 e. The van der Waals surface area contributed by atoms with Crippen LogP contribution in [0.4, 0.5) is 0 Å². The van der Waals surface area contributed by atoms with E-state index in [1.54, 1.807) is 23.6 Å². The zero-order valence-corrected chi connectivity index (χ0v) is 13.5. The number of rotatable bonds is 6. The number of amides is 2. The summed E-state index contributed by atoms with van der Waals surface area (Å²) in [5, 5.41) is 18.0. The van der Waals surface area contributed by atoms with Crippen molar-refractivity contribution < 1.29 is 9.59 Å². The van der Waals surface area contributed by atoms with Crippen LogP contribution in [0.3, 0.4) is 0 Å². The van der Waals surface area contributed by atoms with Gasteiger partial charge < -0.3 is 10.6 Å². The van der Waals surface area contributed by atoms with Crippen LogP contribution < -0.4 is 10.6 Å². The van der Waals surface area contributed by atoms with E-state index in [1.165, 1.54) is 11.3 Å². The highest BCUT2D eigenvalue weighted by Gasteiger charge is 2.10. The van der Waals surface area contributed by atoms with E-state index in [0.29, 0.717) is 17.7 Å². The lowest BCUT2D eigenvalue weighted by molar-refractivity contribution is -0.121. The molecule has 0 bridgehead atoms. The molecule has 0 radical (unpaired) electrons. The number of hydrogen-bond acceptors (Lipinski definition) is 4. The van der Waals surface area contributed by atoms with E-state index >= 15 is 0 Å². The van der Waals surface area contributed by atoms with Gasteiger partial charge in [0, 0.05) is 23.9 Å². The second kappa shape index (κ2) is 8.11. The minimum Gasteiger partial charge on any atom is -0.351 e. The highest BCUT2D eigenvalue weighted by Crippen LogP contribution is 2.13. The topological polar surface area (TPSA) is 82.0 Å². The van der Waals surface area contributed by atoms with Crippen LogP contribution in [0.25, 0.3) is 0 Å². The smallest absolute Gasteiger partial charge is 0.252 e. The quantitative estimate of drug-likeness (QED) is 0.855. The van der Waals surface area contributed by atoms with Crippen LogP contribution in [0.1, 0.15) is 40.9 Å². The highest BCUT2D eigenvalue weighted by molar-refractivity contribution is 7.08. The highest BCUT2D eigenvalue weighted by atomic mass is 32.1. The zero-order valence-electron chi connectivity index (χ0n) is 12.7. The normalized spacial score (nSPS) is 11.3. The van der Waals surface area contributed by atoms with Gasteiger partial charge in [-0.15, -0.1) is 0 Å². The van der Waals surface area contributed by atoms with Crippen LogP contribution in [0.2, 0.25) is 0 Å². The van der Waals surface area contributed by atoms with Gasteiger partial charge in [0.15, 0.2) is 0 Å². The molecule has 1 aromatic carbocycles. The first-order valence-corrected chi connectivity index (χ1v) is 8.14. The molecule has 0 spiro atoms. The minimum atomic E-state index is -0.167. The number of nitriles is 1. The van der Waals surface area contributed by atoms with Gasteiger partial charge in [-0.3, -0.25) is 9.59 Å². The van der Waals surface area contributed by atoms with Gasteiger partial charge in [-0.2, -0.15) is 16.6 Å². The second-order valence-corrected chi connectivity index (χ2v) is 5.82. The molecule has 1 heterocycles. The molecule has 2 N–H and O–H groups in total. The van der Waals surface area contributed by atoms with Crippen molar-refractivity contribution in [3.05, 3.63) is 57.8 Å². The van der Waals surface area contributed by atoms with Crippen LogP contribution in [-0.4, -0.2) is 18.4 Å². The van der Waals surface area contributed by atoms with E-state index in [1.807, 2.05) is 24.4 Å². The molecule has 0 saturated heterocycles. The maximum atomic E-state index is 11.9. The van der Waals surface area contributed by atoms with Gasteiger partial charge in [0.25, 0.3) is 5.91 Å². The third-order valence-corrected chi connectivity index (χ3v) is 4.02. The molecule has 2 aromatic rings. The maximum absolute atomic E-state index is 11.9. The van der Waals surface area contributed by atoms with Crippen molar-refractivity contribution in [1.29, 1.82) is 5.26 Å². The lowest BCUT2D eigenvalue weighted by atomic mass is 10.1. The lowest BCUT2D eigenvalue weighted by Crippen LogP contribution is -2.31. The molecule has 5 nitrogen and oxygen atoms in total. The average Bonchev–Trinajstić information content (AvgIpc) is 3.09. The Morgan fingerprint density at radius 2 is 2.00 bits per heavy atom. The van der Waals surface area contributed by atoms with Gasteiger partial charge in [0.2, 0.25) is 5.91 Å². The molecule has 6 heteroatoms. The molecule has 23 heavy (non-hydrogen) atoms. The molecule has 1 atom stereocenters. The van der Waals surface area contributed by atoms with Crippen LogP contribution in [0.15, 0.2) is 41.1 Å². The largest absolute Gasteiger partial charge is 0.351 e. The van der Waals surface area contributed by atoms with Gasteiger partial charge in [0.1, 0.15) is 0 Å². The van der Waals surface area contributed by atoms with Crippen molar-refractivity contribution in [1.82, 2.24) is 10.6 Å². The second-order valence-electron chi connectivity index (χ2n) is 5.04. The number of thiophene rings is 1. The van der Waals surface area contributed by atoms with Crippen LogP contribution >= 0.6 is 11.3 Å². The predicted octanol–water partition coefficient (Wildman–Crippen LogP) is 2.62. The standard InChI is InChI=1S/C17H17N3O2S/c1-12(14-4-2-13(10-18)3-5-14)20-16(21)6-8-19-17(22)15-7-9-23-11-15/h2-5,7,9,11-12H,6,8H2,1H3,(H,19,22)(H,20,21). The minimum absolute atomic E-state index is 0.132. The number of hydrogen-bond donors (Lipinski definition) is 2. The van der Waals surface area contributed by atoms with E-state index < -0.39 is 0 Å².